The zero-order valence-corrected chi connectivity index (χ0v) is 16.8. The molecule has 0 N–H and O–H groups in total. The minimum Gasteiger partial charge on any atom is -0.493 e. The molecule has 0 fully saturated rings. The van der Waals surface area contributed by atoms with Gasteiger partial charge >= 0.3 is 0 Å². The van der Waals surface area contributed by atoms with Gasteiger partial charge in [0.15, 0.2) is 23.1 Å². The average molecular weight is 408 g/mol. The predicted octanol–water partition coefficient (Wildman–Crippen LogP) is 4.44. The van der Waals surface area contributed by atoms with Crippen LogP contribution in [0.25, 0.3) is 6.08 Å². The molecule has 0 spiro atoms. The van der Waals surface area contributed by atoms with Crippen molar-refractivity contribution in [3.05, 3.63) is 58.9 Å². The fourth-order valence-corrected chi connectivity index (χ4v) is 2.65. The van der Waals surface area contributed by atoms with E-state index in [-0.39, 0.29) is 18.3 Å². The summed E-state index contributed by atoms with van der Waals surface area (Å²) >= 11 is 6.23. The van der Waals surface area contributed by atoms with E-state index in [0.29, 0.717) is 35.2 Å². The van der Waals surface area contributed by atoms with Crippen molar-refractivity contribution in [3.8, 4) is 17.2 Å². The summed E-state index contributed by atoms with van der Waals surface area (Å²) in [5.41, 5.74) is 0.703. The lowest BCUT2D eigenvalue weighted by molar-refractivity contribution is -0.125. The van der Waals surface area contributed by atoms with Gasteiger partial charge in [0.05, 0.1) is 25.3 Å². The van der Waals surface area contributed by atoms with E-state index in [9.17, 15) is 9.18 Å². The summed E-state index contributed by atoms with van der Waals surface area (Å²) in [6, 6.07) is 9.57. The van der Waals surface area contributed by atoms with Crippen LogP contribution in [0, 0.1) is 5.82 Å². The van der Waals surface area contributed by atoms with Crippen LogP contribution in [-0.2, 0) is 4.79 Å². The predicted molar refractivity (Wildman–Crippen MR) is 108 cm³/mol. The molecule has 28 heavy (non-hydrogen) atoms. The summed E-state index contributed by atoms with van der Waals surface area (Å²) in [5, 5.41) is 0.403. The first-order valence-corrected chi connectivity index (χ1v) is 9.14. The lowest BCUT2D eigenvalue weighted by Crippen LogP contribution is -2.29. The number of hydrogen-bond acceptors (Lipinski definition) is 4. The Balaban J connectivity index is 1.95. The molecule has 0 aliphatic heterocycles. The molecule has 0 bridgehead atoms. The monoisotopic (exact) mass is 407 g/mol. The summed E-state index contributed by atoms with van der Waals surface area (Å²) in [4.78, 5) is 13.7. The van der Waals surface area contributed by atoms with Crippen molar-refractivity contribution in [2.45, 2.75) is 6.92 Å². The van der Waals surface area contributed by atoms with Crippen molar-refractivity contribution >= 4 is 23.6 Å². The number of hydrogen-bond donors (Lipinski definition) is 0. The number of rotatable bonds is 9. The van der Waals surface area contributed by atoms with E-state index in [1.165, 1.54) is 24.2 Å². The summed E-state index contributed by atoms with van der Waals surface area (Å²) < 4.78 is 29.6. The molecular weight excluding hydrogens is 385 g/mol. The highest BCUT2D eigenvalue weighted by atomic mass is 35.5. The molecule has 0 aliphatic carbocycles. The van der Waals surface area contributed by atoms with Gasteiger partial charge in [-0.3, -0.25) is 4.79 Å². The number of carbonyl (C=O) groups is 1. The first-order valence-electron chi connectivity index (χ1n) is 8.77. The second-order valence-corrected chi connectivity index (χ2v) is 6.25. The second kappa shape index (κ2) is 10.6. The van der Waals surface area contributed by atoms with Crippen molar-refractivity contribution in [1.82, 2.24) is 4.90 Å². The molecule has 0 heterocycles. The highest BCUT2D eigenvalue weighted by molar-refractivity contribution is 6.32. The maximum atomic E-state index is 13.5. The molecule has 0 aromatic heterocycles. The van der Waals surface area contributed by atoms with E-state index in [1.54, 1.807) is 43.5 Å². The molecule has 2 aromatic rings. The zero-order chi connectivity index (χ0) is 20.5. The van der Waals surface area contributed by atoms with Crippen molar-refractivity contribution in [2.75, 3.05) is 33.9 Å². The Kier molecular flexibility index (Phi) is 8.14. The third-order valence-corrected chi connectivity index (χ3v) is 4.14. The highest BCUT2D eigenvalue weighted by Gasteiger charge is 2.11. The van der Waals surface area contributed by atoms with Crippen molar-refractivity contribution in [3.63, 3.8) is 0 Å². The Labute approximate surface area is 169 Å². The van der Waals surface area contributed by atoms with Gasteiger partial charge in [0.2, 0.25) is 5.91 Å². The third kappa shape index (κ3) is 5.89. The van der Waals surface area contributed by atoms with Crippen molar-refractivity contribution < 1.29 is 23.4 Å². The van der Waals surface area contributed by atoms with Crippen LogP contribution < -0.4 is 14.2 Å². The minimum absolute atomic E-state index is 0.162. The molecule has 0 aliphatic rings. The standard InChI is InChI=1S/C21H23ClFNO4/c1-4-27-21-16(22)13-15(14-19(21)26-3)9-10-20(25)24(2)11-12-28-18-8-6-5-7-17(18)23/h5-10,13-14H,4,11-12H2,1-3H3/b10-9+. The number of carbonyl (C=O) groups excluding carboxylic acids is 1. The molecule has 1 amide bonds. The van der Waals surface area contributed by atoms with E-state index < -0.39 is 5.82 Å². The van der Waals surface area contributed by atoms with Gasteiger partial charge < -0.3 is 19.1 Å². The third-order valence-electron chi connectivity index (χ3n) is 3.86. The first-order chi connectivity index (χ1) is 13.5. The summed E-state index contributed by atoms with van der Waals surface area (Å²) in [6.45, 7) is 2.81. The van der Waals surface area contributed by atoms with Crippen LogP contribution in [-0.4, -0.2) is 44.7 Å². The van der Waals surface area contributed by atoms with E-state index >= 15 is 0 Å². The Morgan fingerprint density at radius 1 is 1.21 bits per heavy atom. The fourth-order valence-electron chi connectivity index (χ4n) is 2.38. The number of likely N-dealkylation sites (N-methyl/N-ethyl adjacent to an activating group) is 1. The fraction of sp³-hybridized carbons (Fsp3) is 0.286. The van der Waals surface area contributed by atoms with Crippen LogP contribution in [0.4, 0.5) is 4.39 Å². The van der Waals surface area contributed by atoms with Crippen LogP contribution in [0.3, 0.4) is 0 Å². The largest absolute Gasteiger partial charge is 0.493 e. The molecule has 0 radical (unpaired) electrons. The maximum Gasteiger partial charge on any atom is 0.246 e. The average Bonchev–Trinajstić information content (AvgIpc) is 2.69. The maximum absolute atomic E-state index is 13.5. The van der Waals surface area contributed by atoms with Gasteiger partial charge in [0.1, 0.15) is 6.61 Å². The number of methoxy groups -OCH3 is 1. The minimum atomic E-state index is -0.433. The highest BCUT2D eigenvalue weighted by Crippen LogP contribution is 2.36. The van der Waals surface area contributed by atoms with Crippen LogP contribution >= 0.6 is 11.6 Å². The smallest absolute Gasteiger partial charge is 0.246 e. The number of amides is 1. The van der Waals surface area contributed by atoms with Gasteiger partial charge in [-0.1, -0.05) is 23.7 Å². The molecule has 0 saturated carbocycles. The lowest BCUT2D eigenvalue weighted by atomic mass is 10.2. The van der Waals surface area contributed by atoms with Gasteiger partial charge in [0, 0.05) is 13.1 Å². The van der Waals surface area contributed by atoms with Gasteiger partial charge in [-0.15, -0.1) is 0 Å². The summed E-state index contributed by atoms with van der Waals surface area (Å²) in [7, 11) is 3.17. The number of halogens is 2. The molecule has 2 rings (SSSR count). The van der Waals surface area contributed by atoms with E-state index in [4.69, 9.17) is 25.8 Å². The molecule has 0 atom stereocenters. The Bertz CT molecular complexity index is 841. The van der Waals surface area contributed by atoms with Crippen LogP contribution in [0.5, 0.6) is 17.2 Å². The Morgan fingerprint density at radius 2 is 1.96 bits per heavy atom. The molecule has 5 nitrogen and oxygen atoms in total. The Morgan fingerprint density at radius 3 is 2.64 bits per heavy atom. The van der Waals surface area contributed by atoms with Gasteiger partial charge in [-0.25, -0.2) is 4.39 Å². The van der Waals surface area contributed by atoms with E-state index in [0.717, 1.165) is 0 Å². The molecule has 0 saturated heterocycles. The van der Waals surface area contributed by atoms with Gasteiger partial charge in [-0.2, -0.15) is 0 Å². The number of benzene rings is 2. The van der Waals surface area contributed by atoms with Gasteiger partial charge in [-0.05, 0) is 42.8 Å². The van der Waals surface area contributed by atoms with Crippen molar-refractivity contribution in [2.24, 2.45) is 0 Å². The van der Waals surface area contributed by atoms with E-state index in [2.05, 4.69) is 0 Å². The van der Waals surface area contributed by atoms with Crippen LogP contribution in [0.2, 0.25) is 5.02 Å². The van der Waals surface area contributed by atoms with Crippen LogP contribution in [0.15, 0.2) is 42.5 Å². The van der Waals surface area contributed by atoms with Crippen LogP contribution in [0.1, 0.15) is 12.5 Å². The normalized spacial score (nSPS) is 10.8. The van der Waals surface area contributed by atoms with E-state index in [1.807, 2.05) is 6.92 Å². The topological polar surface area (TPSA) is 48.0 Å². The molecule has 2 aromatic carbocycles. The Hall–Kier alpha value is -2.73. The summed E-state index contributed by atoms with van der Waals surface area (Å²) in [5.74, 6) is 0.472. The second-order valence-electron chi connectivity index (χ2n) is 5.84. The SMILES string of the molecule is CCOc1c(Cl)cc(/C=C/C(=O)N(C)CCOc2ccccc2F)cc1OC. The quantitative estimate of drug-likeness (QED) is 0.577. The zero-order valence-electron chi connectivity index (χ0n) is 16.1. The first kappa shape index (κ1) is 21.6. The molecule has 0 unspecified atom stereocenters. The number of nitrogens with zero attached hydrogens (tertiary/aromatic N) is 1. The molecule has 150 valence electrons. The lowest BCUT2D eigenvalue weighted by Gasteiger charge is -2.16. The van der Waals surface area contributed by atoms with Gasteiger partial charge in [0.25, 0.3) is 0 Å². The number of ether oxygens (including phenoxy) is 3. The number of para-hydroxylation sites is 1. The van der Waals surface area contributed by atoms with Crippen molar-refractivity contribution in [1.29, 1.82) is 0 Å². The molecule has 7 heteroatoms. The summed E-state index contributed by atoms with van der Waals surface area (Å²) in [6.07, 6.45) is 3.06. The molecular formula is C21H23ClFNO4.